The summed E-state index contributed by atoms with van der Waals surface area (Å²) in [7, 11) is 0. The van der Waals surface area contributed by atoms with Gasteiger partial charge in [-0.2, -0.15) is 13.2 Å². The summed E-state index contributed by atoms with van der Waals surface area (Å²) in [5.41, 5.74) is -7.35. The molecule has 0 aliphatic carbocycles. The van der Waals surface area contributed by atoms with E-state index in [2.05, 4.69) is 0 Å². The van der Waals surface area contributed by atoms with Crippen LogP contribution in [-0.2, 0) is 5.67 Å². The van der Waals surface area contributed by atoms with E-state index >= 15 is 0 Å². The van der Waals surface area contributed by atoms with Crippen LogP contribution in [0.2, 0.25) is 0 Å². The quantitative estimate of drug-likeness (QED) is 0.667. The molecule has 0 bridgehead atoms. The van der Waals surface area contributed by atoms with E-state index in [0.717, 1.165) is 30.3 Å². The molecule has 2 aromatic rings. The van der Waals surface area contributed by atoms with Gasteiger partial charge in [0.25, 0.3) is 12.1 Å². The summed E-state index contributed by atoms with van der Waals surface area (Å²) in [4.78, 5) is 22.1. The first-order valence-electron chi connectivity index (χ1n) is 7.30. The highest BCUT2D eigenvalue weighted by atomic mass is 19.4. The number of carboxylic acids is 2. The lowest BCUT2D eigenvalue weighted by Gasteiger charge is -2.27. The van der Waals surface area contributed by atoms with Gasteiger partial charge in [0.2, 0.25) is 0 Å². The highest BCUT2D eigenvalue weighted by molar-refractivity contribution is 6.02. The lowest BCUT2D eigenvalue weighted by molar-refractivity contribution is -0.274. The summed E-state index contributed by atoms with van der Waals surface area (Å²) >= 11 is 0. The third-order valence-electron chi connectivity index (χ3n) is 3.68. The van der Waals surface area contributed by atoms with E-state index in [1.807, 2.05) is 0 Å². The molecule has 0 amide bonds. The zero-order valence-electron chi connectivity index (χ0n) is 13.5. The Morgan fingerprint density at radius 2 is 1.32 bits per heavy atom. The van der Waals surface area contributed by atoms with E-state index in [1.54, 1.807) is 0 Å². The van der Waals surface area contributed by atoms with Crippen molar-refractivity contribution in [2.75, 3.05) is 0 Å². The zero-order chi connectivity index (χ0) is 21.3. The first kappa shape index (κ1) is 21.1. The molecule has 0 spiro atoms. The van der Waals surface area contributed by atoms with Gasteiger partial charge in [0.15, 0.2) is 0 Å². The minimum absolute atomic E-state index is 0.189. The molecule has 0 fully saturated rings. The predicted octanol–water partition coefficient (Wildman–Crippen LogP) is 4.87. The molecule has 0 aromatic heterocycles. The van der Waals surface area contributed by atoms with Crippen molar-refractivity contribution in [1.29, 1.82) is 0 Å². The summed E-state index contributed by atoms with van der Waals surface area (Å²) in [6.45, 7) is 0. The van der Waals surface area contributed by atoms with Crippen LogP contribution in [0.25, 0.3) is 0 Å². The topological polar surface area (TPSA) is 83.8 Å². The third-order valence-corrected chi connectivity index (χ3v) is 3.68. The number of halogens is 6. The van der Waals surface area contributed by atoms with Gasteiger partial charge in [0.1, 0.15) is 11.5 Å². The van der Waals surface area contributed by atoms with E-state index in [9.17, 15) is 35.9 Å². The number of hydrogen-bond donors (Lipinski definition) is 2. The number of rotatable bonds is 6. The average Bonchev–Trinajstić information content (AvgIpc) is 2.60. The Bertz CT molecular complexity index is 894. The highest BCUT2D eigenvalue weighted by Gasteiger charge is 2.63. The van der Waals surface area contributed by atoms with Crippen molar-refractivity contribution in [2.24, 2.45) is 0 Å². The Morgan fingerprint density at radius 3 is 1.75 bits per heavy atom. The average molecular weight is 408 g/mol. The molecule has 0 radical (unpaired) electrons. The largest absolute Gasteiger partial charge is 0.478 e. The van der Waals surface area contributed by atoms with Crippen LogP contribution in [0.1, 0.15) is 26.3 Å². The number of carboxylic acid groups (broad SMARTS) is 2. The fraction of sp³-hybridized carbons (Fsp3) is 0.176. The second kappa shape index (κ2) is 7.41. The molecule has 0 saturated carbocycles. The summed E-state index contributed by atoms with van der Waals surface area (Å²) in [5.74, 6) is -3.48. The van der Waals surface area contributed by atoms with Crippen LogP contribution < -0.4 is 4.74 Å². The Hall–Kier alpha value is -3.24. The third kappa shape index (κ3) is 3.87. The van der Waals surface area contributed by atoms with Crippen LogP contribution in [0, 0.1) is 0 Å². The first-order chi connectivity index (χ1) is 12.9. The standard InChI is InChI=1S/C17H10F6O5/c18-15(19)16(20,17(21,22)23)8-1-3-9(4-2-8)28-10-5-6-11(13(24)25)12(7-10)14(26)27/h1-7,15H,(H,24,25)(H,26,27). The Kier molecular flexibility index (Phi) is 5.57. The summed E-state index contributed by atoms with van der Waals surface area (Å²) in [6.07, 6.45) is -10.2. The molecule has 0 aliphatic rings. The van der Waals surface area contributed by atoms with Crippen LogP contribution in [0.5, 0.6) is 11.5 Å². The van der Waals surface area contributed by atoms with Crippen molar-refractivity contribution in [3.05, 3.63) is 59.2 Å². The van der Waals surface area contributed by atoms with E-state index in [1.165, 1.54) is 0 Å². The smallest absolute Gasteiger partial charge is 0.432 e. The number of benzene rings is 2. The summed E-state index contributed by atoms with van der Waals surface area (Å²) < 4.78 is 82.7. The number of carbonyl (C=O) groups is 2. The van der Waals surface area contributed by atoms with Crippen LogP contribution >= 0.6 is 0 Å². The monoisotopic (exact) mass is 408 g/mol. The van der Waals surface area contributed by atoms with Crippen LogP contribution in [-0.4, -0.2) is 34.8 Å². The molecule has 2 rings (SSSR count). The molecule has 5 nitrogen and oxygen atoms in total. The number of hydrogen-bond acceptors (Lipinski definition) is 3. The van der Waals surface area contributed by atoms with Gasteiger partial charge in [-0.25, -0.2) is 22.8 Å². The molecular formula is C17H10F6O5. The second-order valence-corrected chi connectivity index (χ2v) is 5.45. The zero-order valence-corrected chi connectivity index (χ0v) is 13.5. The molecule has 1 unspecified atom stereocenters. The number of alkyl halides is 6. The molecule has 0 aliphatic heterocycles. The van der Waals surface area contributed by atoms with Gasteiger partial charge in [0, 0.05) is 5.56 Å². The molecule has 2 N–H and O–H groups in total. The Balaban J connectivity index is 2.34. The van der Waals surface area contributed by atoms with Crippen LogP contribution in [0.15, 0.2) is 42.5 Å². The molecule has 1 atom stereocenters. The highest BCUT2D eigenvalue weighted by Crippen LogP contribution is 2.47. The maximum absolute atomic E-state index is 13.9. The van der Waals surface area contributed by atoms with Gasteiger partial charge in [0.05, 0.1) is 11.1 Å². The molecule has 28 heavy (non-hydrogen) atoms. The van der Waals surface area contributed by atoms with Crippen molar-refractivity contribution >= 4 is 11.9 Å². The SMILES string of the molecule is O=C(O)c1ccc(Oc2ccc(C(F)(C(F)F)C(F)(F)F)cc2)cc1C(=O)O. The fourth-order valence-corrected chi connectivity index (χ4v) is 2.27. The lowest BCUT2D eigenvalue weighted by Crippen LogP contribution is -2.44. The van der Waals surface area contributed by atoms with E-state index in [0.29, 0.717) is 12.1 Å². The molecular weight excluding hydrogens is 398 g/mol. The summed E-state index contributed by atoms with van der Waals surface area (Å²) in [6, 6.07) is 5.35. The molecule has 2 aromatic carbocycles. The van der Waals surface area contributed by atoms with Crippen molar-refractivity contribution < 1.29 is 50.9 Å². The molecule has 0 saturated heterocycles. The summed E-state index contributed by atoms with van der Waals surface area (Å²) in [5, 5.41) is 17.9. The number of ether oxygens (including phenoxy) is 1. The maximum Gasteiger partial charge on any atom is 0.432 e. The van der Waals surface area contributed by atoms with Crippen LogP contribution in [0.4, 0.5) is 26.3 Å². The Morgan fingerprint density at radius 1 is 0.821 bits per heavy atom. The molecule has 0 heterocycles. The van der Waals surface area contributed by atoms with Gasteiger partial charge < -0.3 is 14.9 Å². The molecule has 11 heteroatoms. The first-order valence-corrected chi connectivity index (χ1v) is 7.30. The fourth-order valence-electron chi connectivity index (χ4n) is 2.27. The van der Waals surface area contributed by atoms with Crippen molar-refractivity contribution in [3.8, 4) is 11.5 Å². The van der Waals surface area contributed by atoms with E-state index in [4.69, 9.17) is 14.9 Å². The van der Waals surface area contributed by atoms with Crippen molar-refractivity contribution in [1.82, 2.24) is 0 Å². The lowest BCUT2D eigenvalue weighted by atomic mass is 9.95. The Labute approximate surface area is 152 Å². The predicted molar refractivity (Wildman–Crippen MR) is 81.7 cm³/mol. The van der Waals surface area contributed by atoms with E-state index in [-0.39, 0.29) is 11.5 Å². The second-order valence-electron chi connectivity index (χ2n) is 5.45. The van der Waals surface area contributed by atoms with Crippen molar-refractivity contribution in [3.63, 3.8) is 0 Å². The van der Waals surface area contributed by atoms with Gasteiger partial charge in [-0.15, -0.1) is 0 Å². The normalized spacial score (nSPS) is 13.8. The van der Waals surface area contributed by atoms with Gasteiger partial charge in [-0.05, 0) is 30.3 Å². The number of aromatic carboxylic acids is 2. The van der Waals surface area contributed by atoms with E-state index < -0.39 is 46.9 Å². The van der Waals surface area contributed by atoms with Gasteiger partial charge >= 0.3 is 18.1 Å². The van der Waals surface area contributed by atoms with Crippen molar-refractivity contribution in [2.45, 2.75) is 18.3 Å². The van der Waals surface area contributed by atoms with Crippen LogP contribution in [0.3, 0.4) is 0 Å². The minimum atomic E-state index is -5.85. The molecule has 150 valence electrons. The minimum Gasteiger partial charge on any atom is -0.478 e. The van der Waals surface area contributed by atoms with Gasteiger partial charge in [-0.1, -0.05) is 12.1 Å². The van der Waals surface area contributed by atoms with Gasteiger partial charge in [-0.3, -0.25) is 0 Å². The maximum atomic E-state index is 13.9.